The van der Waals surface area contributed by atoms with Crippen LogP contribution < -0.4 is 5.43 Å². The van der Waals surface area contributed by atoms with Crippen LogP contribution in [0.1, 0.15) is 30.0 Å². The Bertz CT molecular complexity index is 641. The van der Waals surface area contributed by atoms with Gasteiger partial charge in [0.25, 0.3) is 0 Å². The van der Waals surface area contributed by atoms with Crippen molar-refractivity contribution in [1.29, 1.82) is 0 Å². The molecule has 1 N–H and O–H groups in total. The molecule has 0 aromatic heterocycles. The van der Waals surface area contributed by atoms with Crippen molar-refractivity contribution in [2.75, 3.05) is 13.1 Å². The highest BCUT2D eigenvalue weighted by Gasteiger charge is 2.71. The summed E-state index contributed by atoms with van der Waals surface area (Å²) in [6, 6.07) is 21.9. The maximum absolute atomic E-state index is 7.02. The van der Waals surface area contributed by atoms with Gasteiger partial charge in [-0.2, -0.15) is 5.43 Å². The Hall–Kier alpha value is -1.35. The minimum absolute atomic E-state index is 0.292. The van der Waals surface area contributed by atoms with E-state index in [4.69, 9.17) is 11.6 Å². The van der Waals surface area contributed by atoms with Crippen molar-refractivity contribution in [3.05, 3.63) is 71.8 Å². The second-order valence-corrected chi connectivity index (χ2v) is 7.09. The van der Waals surface area contributed by atoms with Crippen LogP contribution in [0.3, 0.4) is 0 Å². The van der Waals surface area contributed by atoms with Crippen LogP contribution in [0.2, 0.25) is 0 Å². The first-order valence-electron chi connectivity index (χ1n) is 7.57. The van der Waals surface area contributed by atoms with E-state index in [1.54, 1.807) is 0 Å². The number of hydrogen-bond acceptors (Lipinski definition) is 1. The van der Waals surface area contributed by atoms with E-state index < -0.39 is 0 Å². The molecule has 2 saturated heterocycles. The first-order valence-corrected chi connectivity index (χ1v) is 7.95. The lowest BCUT2D eigenvalue weighted by Crippen LogP contribution is -2.87. The van der Waals surface area contributed by atoms with Crippen molar-refractivity contribution >= 4 is 11.6 Å². The van der Waals surface area contributed by atoms with Gasteiger partial charge in [0.05, 0.1) is 0 Å². The van der Waals surface area contributed by atoms with Crippen molar-refractivity contribution in [3.8, 4) is 0 Å². The predicted octanol–water partition coefficient (Wildman–Crippen LogP) is 3.82. The van der Waals surface area contributed by atoms with E-state index in [1.165, 1.54) is 11.1 Å². The lowest BCUT2D eigenvalue weighted by molar-refractivity contribution is -1.10. The summed E-state index contributed by atoms with van der Waals surface area (Å²) in [6.07, 6.45) is 0. The number of nitrogens with one attached hydrogen (secondary N) is 1. The number of alkyl halides is 1. The minimum Gasteiger partial charge on any atom is -0.219 e. The topological polar surface area (TPSA) is 12.0 Å². The Kier molecular flexibility index (Phi) is 2.90. The SMILES string of the molecule is CC1(Cl)C(c2ccccc2)C[N+]12NCC2c1ccccc1. The number of halogens is 1. The van der Waals surface area contributed by atoms with Crippen LogP contribution in [-0.2, 0) is 0 Å². The van der Waals surface area contributed by atoms with Crippen LogP contribution in [0, 0.1) is 0 Å². The summed E-state index contributed by atoms with van der Waals surface area (Å²) >= 11 is 7.02. The van der Waals surface area contributed by atoms with Gasteiger partial charge in [0, 0.05) is 12.5 Å². The largest absolute Gasteiger partial charge is 0.219 e. The van der Waals surface area contributed by atoms with E-state index in [1.807, 2.05) is 0 Å². The molecule has 2 aliphatic rings. The van der Waals surface area contributed by atoms with E-state index in [0.717, 1.165) is 17.7 Å². The molecule has 2 heterocycles. The van der Waals surface area contributed by atoms with E-state index in [0.29, 0.717) is 12.0 Å². The number of benzene rings is 2. The zero-order chi connectivity index (χ0) is 14.5. The van der Waals surface area contributed by atoms with Crippen LogP contribution in [0.5, 0.6) is 0 Å². The van der Waals surface area contributed by atoms with E-state index in [9.17, 15) is 0 Å². The molecule has 0 radical (unpaired) electrons. The Morgan fingerprint density at radius 1 is 1.00 bits per heavy atom. The molecule has 0 amide bonds. The Morgan fingerprint density at radius 2 is 1.57 bits per heavy atom. The summed E-state index contributed by atoms with van der Waals surface area (Å²) in [7, 11) is 0. The van der Waals surface area contributed by atoms with Gasteiger partial charge in [-0.05, 0) is 5.56 Å². The zero-order valence-corrected chi connectivity index (χ0v) is 12.9. The average Bonchev–Trinajstić information content (AvgIpc) is 2.47. The molecule has 0 aliphatic carbocycles. The van der Waals surface area contributed by atoms with Crippen molar-refractivity contribution in [1.82, 2.24) is 5.43 Å². The fourth-order valence-electron chi connectivity index (χ4n) is 4.00. The predicted molar refractivity (Wildman–Crippen MR) is 85.8 cm³/mol. The second-order valence-electron chi connectivity index (χ2n) is 6.33. The van der Waals surface area contributed by atoms with Gasteiger partial charge in [0.2, 0.25) is 5.00 Å². The smallest absolute Gasteiger partial charge is 0.202 e. The molecule has 0 saturated carbocycles. The Labute approximate surface area is 130 Å². The summed E-state index contributed by atoms with van der Waals surface area (Å²) in [4.78, 5) is -0.292. The van der Waals surface area contributed by atoms with E-state index in [-0.39, 0.29) is 5.00 Å². The molecule has 21 heavy (non-hydrogen) atoms. The number of rotatable bonds is 2. The zero-order valence-electron chi connectivity index (χ0n) is 12.2. The van der Waals surface area contributed by atoms with E-state index >= 15 is 0 Å². The normalized spacial score (nSPS) is 37.8. The lowest BCUT2D eigenvalue weighted by Gasteiger charge is -2.68. The number of quaternary nitrogens is 1. The van der Waals surface area contributed by atoms with Gasteiger partial charge in [-0.3, -0.25) is 0 Å². The monoisotopic (exact) mass is 299 g/mol. The quantitative estimate of drug-likeness (QED) is 0.505. The minimum atomic E-state index is -0.292. The van der Waals surface area contributed by atoms with Crippen molar-refractivity contribution in [2.24, 2.45) is 0 Å². The molecule has 108 valence electrons. The highest BCUT2D eigenvalue weighted by molar-refractivity contribution is 6.23. The fraction of sp³-hybridized carbons (Fsp3) is 0.333. The van der Waals surface area contributed by atoms with Gasteiger partial charge in [-0.15, -0.1) is 0 Å². The molecule has 2 aliphatic heterocycles. The van der Waals surface area contributed by atoms with Gasteiger partial charge in [-0.1, -0.05) is 72.3 Å². The van der Waals surface area contributed by atoms with E-state index in [2.05, 4.69) is 73.0 Å². The van der Waals surface area contributed by atoms with Crippen molar-refractivity contribution in [2.45, 2.75) is 23.9 Å². The first kappa shape index (κ1) is 13.3. The van der Waals surface area contributed by atoms with Crippen LogP contribution in [0.15, 0.2) is 60.7 Å². The van der Waals surface area contributed by atoms with Gasteiger partial charge in [0.1, 0.15) is 19.0 Å². The van der Waals surface area contributed by atoms with Crippen LogP contribution in [0.4, 0.5) is 0 Å². The standard InChI is InChI=1S/C18H20ClN2/c1-18(19)16(14-8-4-2-5-9-14)13-21(18)17(12-20-21)15-10-6-3-7-11-15/h2-11,16-17,20H,12-13H2,1H3/q+1. The number of hydrogen-bond donors (Lipinski definition) is 1. The summed E-state index contributed by atoms with van der Waals surface area (Å²) in [5.74, 6) is 0.402. The van der Waals surface area contributed by atoms with Gasteiger partial charge in [-0.25, -0.2) is 4.59 Å². The molecule has 2 nitrogen and oxygen atoms in total. The third-order valence-electron chi connectivity index (χ3n) is 5.37. The van der Waals surface area contributed by atoms with Crippen LogP contribution >= 0.6 is 11.6 Å². The molecule has 2 aromatic rings. The Morgan fingerprint density at radius 3 is 2.05 bits per heavy atom. The summed E-state index contributed by atoms with van der Waals surface area (Å²) in [5, 5.41) is 0. The molecule has 4 atom stereocenters. The second kappa shape index (κ2) is 4.57. The first-order chi connectivity index (χ1) is 10.2. The summed E-state index contributed by atoms with van der Waals surface area (Å²) < 4.78 is 0.804. The highest BCUT2D eigenvalue weighted by Crippen LogP contribution is 2.58. The van der Waals surface area contributed by atoms with Crippen LogP contribution in [0.25, 0.3) is 0 Å². The van der Waals surface area contributed by atoms with Gasteiger partial charge in [0.15, 0.2) is 6.04 Å². The highest BCUT2D eigenvalue weighted by atomic mass is 35.5. The van der Waals surface area contributed by atoms with Gasteiger partial charge >= 0.3 is 0 Å². The maximum Gasteiger partial charge on any atom is 0.202 e. The Balaban J connectivity index is 1.64. The molecule has 1 spiro atoms. The number of nitrogens with zero attached hydrogens (tertiary/aromatic N) is 1. The summed E-state index contributed by atoms with van der Waals surface area (Å²) in [6.45, 7) is 4.25. The maximum atomic E-state index is 7.02. The molecule has 2 fully saturated rings. The molecule has 4 unspecified atom stereocenters. The fourth-order valence-corrected chi connectivity index (χ4v) is 4.44. The van der Waals surface area contributed by atoms with Crippen molar-refractivity contribution in [3.63, 3.8) is 0 Å². The molecular weight excluding hydrogens is 280 g/mol. The third kappa shape index (κ3) is 1.73. The summed E-state index contributed by atoms with van der Waals surface area (Å²) in [5.41, 5.74) is 6.33. The molecule has 0 bridgehead atoms. The molecular formula is C18H20ClN2+. The lowest BCUT2D eigenvalue weighted by atomic mass is 9.77. The molecule has 4 rings (SSSR count). The van der Waals surface area contributed by atoms with Crippen LogP contribution in [-0.4, -0.2) is 22.7 Å². The molecule has 2 aromatic carbocycles. The molecule has 3 heteroatoms. The third-order valence-corrected chi connectivity index (χ3v) is 5.94. The van der Waals surface area contributed by atoms with Gasteiger partial charge < -0.3 is 0 Å². The average molecular weight is 300 g/mol. The van der Waals surface area contributed by atoms with Crippen molar-refractivity contribution < 1.29 is 4.59 Å².